The number of aromatic hydroxyl groups is 2. The molecular weight excluding hydrogens is 272 g/mol. The van der Waals surface area contributed by atoms with Crippen molar-refractivity contribution in [3.8, 4) is 17.2 Å². The Balaban J connectivity index is 2.29. The lowest BCUT2D eigenvalue weighted by Gasteiger charge is -2.14. The molecule has 108 valence electrons. The first-order valence-electron chi connectivity index (χ1n) is 6.28. The standard InChI is InChI=1S/C16H14O5/c1-10(17)15(11-5-4-6-12(18)9-11)16(20)21-14-8-3-2-7-13(14)19/h2-9,15,18-19H,1H3. The second-order valence-electron chi connectivity index (χ2n) is 4.53. The van der Waals surface area contributed by atoms with Crippen LogP contribution in [0.5, 0.6) is 17.2 Å². The van der Waals surface area contributed by atoms with Gasteiger partial charge in [-0.05, 0) is 36.8 Å². The molecule has 21 heavy (non-hydrogen) atoms. The summed E-state index contributed by atoms with van der Waals surface area (Å²) in [4.78, 5) is 23.9. The number of carbonyl (C=O) groups excluding carboxylic acids is 2. The van der Waals surface area contributed by atoms with Crippen LogP contribution in [0.2, 0.25) is 0 Å². The average Bonchev–Trinajstić information content (AvgIpc) is 2.41. The zero-order valence-corrected chi connectivity index (χ0v) is 11.3. The van der Waals surface area contributed by atoms with Crippen LogP contribution in [0.3, 0.4) is 0 Å². The Morgan fingerprint density at radius 2 is 1.76 bits per heavy atom. The van der Waals surface area contributed by atoms with Crippen LogP contribution in [0, 0.1) is 0 Å². The summed E-state index contributed by atoms with van der Waals surface area (Å²) in [6.45, 7) is 1.26. The first-order valence-corrected chi connectivity index (χ1v) is 6.28. The summed E-state index contributed by atoms with van der Waals surface area (Å²) in [5.74, 6) is -2.64. The SMILES string of the molecule is CC(=O)C(C(=O)Oc1ccccc1O)c1cccc(O)c1. The van der Waals surface area contributed by atoms with Crippen molar-refractivity contribution >= 4 is 11.8 Å². The fourth-order valence-corrected chi connectivity index (χ4v) is 1.95. The Morgan fingerprint density at radius 3 is 2.38 bits per heavy atom. The highest BCUT2D eigenvalue weighted by Crippen LogP contribution is 2.28. The Labute approximate surface area is 121 Å². The highest BCUT2D eigenvalue weighted by atomic mass is 16.5. The van der Waals surface area contributed by atoms with Gasteiger partial charge < -0.3 is 14.9 Å². The number of hydrogen-bond donors (Lipinski definition) is 2. The van der Waals surface area contributed by atoms with Crippen molar-refractivity contribution < 1.29 is 24.5 Å². The minimum atomic E-state index is -1.16. The third-order valence-corrected chi connectivity index (χ3v) is 2.92. The van der Waals surface area contributed by atoms with Crippen molar-refractivity contribution in [2.75, 3.05) is 0 Å². The Kier molecular flexibility index (Phi) is 4.23. The number of phenolic OH excluding ortho intramolecular Hbond substituents is 2. The largest absolute Gasteiger partial charge is 0.508 e. The van der Waals surface area contributed by atoms with Gasteiger partial charge in [0.15, 0.2) is 11.5 Å². The van der Waals surface area contributed by atoms with Crippen LogP contribution < -0.4 is 4.74 Å². The molecule has 0 spiro atoms. The molecule has 2 rings (SSSR count). The molecule has 0 bridgehead atoms. The van der Waals surface area contributed by atoms with Gasteiger partial charge in [-0.1, -0.05) is 24.3 Å². The zero-order chi connectivity index (χ0) is 15.4. The van der Waals surface area contributed by atoms with Gasteiger partial charge in [0.1, 0.15) is 17.5 Å². The molecule has 2 N–H and O–H groups in total. The van der Waals surface area contributed by atoms with E-state index in [4.69, 9.17) is 4.74 Å². The average molecular weight is 286 g/mol. The number of para-hydroxylation sites is 2. The molecule has 5 nitrogen and oxygen atoms in total. The number of phenols is 2. The van der Waals surface area contributed by atoms with Gasteiger partial charge in [-0.15, -0.1) is 0 Å². The molecule has 2 aromatic rings. The van der Waals surface area contributed by atoms with Crippen LogP contribution in [-0.4, -0.2) is 22.0 Å². The lowest BCUT2D eigenvalue weighted by Crippen LogP contribution is -2.24. The maximum absolute atomic E-state index is 12.2. The van der Waals surface area contributed by atoms with E-state index in [1.807, 2.05) is 0 Å². The van der Waals surface area contributed by atoms with E-state index >= 15 is 0 Å². The molecule has 1 atom stereocenters. The van der Waals surface area contributed by atoms with Crippen molar-refractivity contribution in [1.82, 2.24) is 0 Å². The predicted octanol–water partition coefficient (Wildman–Crippen LogP) is 2.38. The number of hydrogen-bond acceptors (Lipinski definition) is 5. The maximum Gasteiger partial charge on any atom is 0.326 e. The number of Topliss-reactive ketones (excluding diaryl/α,β-unsaturated/α-hetero) is 1. The van der Waals surface area contributed by atoms with Gasteiger partial charge >= 0.3 is 5.97 Å². The zero-order valence-electron chi connectivity index (χ0n) is 11.3. The molecule has 0 fully saturated rings. The second-order valence-corrected chi connectivity index (χ2v) is 4.53. The summed E-state index contributed by atoms with van der Waals surface area (Å²) in [5.41, 5.74) is 0.336. The molecule has 0 aliphatic rings. The van der Waals surface area contributed by atoms with Gasteiger partial charge in [-0.3, -0.25) is 9.59 Å². The van der Waals surface area contributed by atoms with Gasteiger partial charge in [0.2, 0.25) is 0 Å². The molecule has 0 radical (unpaired) electrons. The van der Waals surface area contributed by atoms with Gasteiger partial charge in [-0.2, -0.15) is 0 Å². The van der Waals surface area contributed by atoms with E-state index in [1.54, 1.807) is 18.2 Å². The summed E-state index contributed by atoms with van der Waals surface area (Å²) in [6, 6.07) is 11.8. The van der Waals surface area contributed by atoms with E-state index in [0.717, 1.165) is 0 Å². The molecule has 2 aromatic carbocycles. The number of esters is 1. The summed E-state index contributed by atoms with van der Waals surface area (Å²) in [7, 11) is 0. The van der Waals surface area contributed by atoms with Gasteiger partial charge in [0, 0.05) is 0 Å². The number of carbonyl (C=O) groups is 2. The number of ketones is 1. The quantitative estimate of drug-likeness (QED) is 0.512. The van der Waals surface area contributed by atoms with Crippen molar-refractivity contribution in [3.63, 3.8) is 0 Å². The first-order chi connectivity index (χ1) is 9.99. The van der Waals surface area contributed by atoms with Crippen LogP contribution in [0.15, 0.2) is 48.5 Å². The van der Waals surface area contributed by atoms with Crippen molar-refractivity contribution in [3.05, 3.63) is 54.1 Å². The minimum Gasteiger partial charge on any atom is -0.508 e. The molecule has 5 heteroatoms. The van der Waals surface area contributed by atoms with Crippen LogP contribution in [0.4, 0.5) is 0 Å². The molecule has 0 aliphatic carbocycles. The molecule has 0 aromatic heterocycles. The van der Waals surface area contributed by atoms with Crippen LogP contribution >= 0.6 is 0 Å². The van der Waals surface area contributed by atoms with Gasteiger partial charge in [0.25, 0.3) is 0 Å². The van der Waals surface area contributed by atoms with Crippen molar-refractivity contribution in [2.24, 2.45) is 0 Å². The third-order valence-electron chi connectivity index (χ3n) is 2.92. The summed E-state index contributed by atoms with van der Waals surface area (Å²) < 4.78 is 5.07. The van der Waals surface area contributed by atoms with Gasteiger partial charge in [-0.25, -0.2) is 0 Å². The first kappa shape index (κ1) is 14.6. The minimum absolute atomic E-state index is 0.0195. The number of ether oxygens (including phenoxy) is 1. The fourth-order valence-electron chi connectivity index (χ4n) is 1.95. The van der Waals surface area contributed by atoms with Gasteiger partial charge in [0.05, 0.1) is 0 Å². The Morgan fingerprint density at radius 1 is 1.05 bits per heavy atom. The fraction of sp³-hybridized carbons (Fsp3) is 0.125. The van der Waals surface area contributed by atoms with E-state index in [2.05, 4.69) is 0 Å². The molecule has 0 saturated heterocycles. The van der Waals surface area contributed by atoms with Crippen molar-refractivity contribution in [2.45, 2.75) is 12.8 Å². The highest BCUT2D eigenvalue weighted by Gasteiger charge is 2.28. The topological polar surface area (TPSA) is 83.8 Å². The summed E-state index contributed by atoms with van der Waals surface area (Å²) >= 11 is 0. The molecule has 0 saturated carbocycles. The van der Waals surface area contributed by atoms with Crippen LogP contribution in [-0.2, 0) is 9.59 Å². The van der Waals surface area contributed by atoms with E-state index in [9.17, 15) is 19.8 Å². The van der Waals surface area contributed by atoms with E-state index in [0.29, 0.717) is 5.56 Å². The third kappa shape index (κ3) is 3.39. The van der Waals surface area contributed by atoms with E-state index in [-0.39, 0.29) is 17.2 Å². The number of rotatable bonds is 4. The highest BCUT2D eigenvalue weighted by molar-refractivity contribution is 6.04. The molecule has 0 amide bonds. The normalized spacial score (nSPS) is 11.7. The lowest BCUT2D eigenvalue weighted by atomic mass is 9.95. The van der Waals surface area contributed by atoms with Crippen molar-refractivity contribution in [1.29, 1.82) is 0 Å². The predicted molar refractivity (Wildman–Crippen MR) is 75.3 cm³/mol. The van der Waals surface area contributed by atoms with E-state index in [1.165, 1.54) is 37.3 Å². The Bertz CT molecular complexity index is 678. The number of benzene rings is 2. The Hall–Kier alpha value is -2.82. The summed E-state index contributed by atoms with van der Waals surface area (Å²) in [5, 5.41) is 19.0. The smallest absolute Gasteiger partial charge is 0.326 e. The van der Waals surface area contributed by atoms with E-state index < -0.39 is 17.7 Å². The molecule has 0 aliphatic heterocycles. The van der Waals surface area contributed by atoms with Crippen LogP contribution in [0.1, 0.15) is 18.4 Å². The monoisotopic (exact) mass is 286 g/mol. The molecule has 1 unspecified atom stereocenters. The maximum atomic E-state index is 12.2. The summed E-state index contributed by atoms with van der Waals surface area (Å²) in [6.07, 6.45) is 0. The molecule has 0 heterocycles. The molecular formula is C16H14O5. The van der Waals surface area contributed by atoms with Crippen LogP contribution in [0.25, 0.3) is 0 Å². The second kappa shape index (κ2) is 6.09. The lowest BCUT2D eigenvalue weighted by molar-refractivity contribution is -0.139.